The molecule has 5 nitrogen and oxygen atoms in total. The number of hydrogen-bond acceptors (Lipinski definition) is 5. The largest absolute Gasteiger partial charge is 0.466 e. The zero-order valence-corrected chi connectivity index (χ0v) is 12.9. The number of carbonyl (C=O) groups is 2. The van der Waals surface area contributed by atoms with E-state index in [1.807, 2.05) is 20.8 Å². The van der Waals surface area contributed by atoms with Gasteiger partial charge in [-0.05, 0) is 27.7 Å². The van der Waals surface area contributed by atoms with Gasteiger partial charge in [0.25, 0.3) is 0 Å². The highest BCUT2D eigenvalue weighted by Gasteiger charge is 2.32. The van der Waals surface area contributed by atoms with Gasteiger partial charge in [-0.25, -0.2) is 4.79 Å². The molecule has 1 heterocycles. The first-order valence-corrected chi connectivity index (χ1v) is 7.72. The van der Waals surface area contributed by atoms with E-state index < -0.39 is 5.60 Å². The van der Waals surface area contributed by atoms with Crippen LogP contribution in [0.1, 0.15) is 34.1 Å². The molecule has 0 aromatic rings. The molecule has 0 saturated carbocycles. The molecule has 0 N–H and O–H groups in total. The highest BCUT2D eigenvalue weighted by atomic mass is 32.2. The minimum absolute atomic E-state index is 0.132. The van der Waals surface area contributed by atoms with Crippen molar-refractivity contribution in [1.29, 1.82) is 0 Å². The lowest BCUT2D eigenvalue weighted by atomic mass is 10.2. The van der Waals surface area contributed by atoms with E-state index in [0.29, 0.717) is 13.2 Å². The maximum Gasteiger partial charge on any atom is 0.410 e. The van der Waals surface area contributed by atoms with Crippen LogP contribution in [0.2, 0.25) is 0 Å². The summed E-state index contributed by atoms with van der Waals surface area (Å²) in [6, 6.07) is -0.132. The van der Waals surface area contributed by atoms with E-state index in [4.69, 9.17) is 9.47 Å². The topological polar surface area (TPSA) is 55.8 Å². The van der Waals surface area contributed by atoms with Gasteiger partial charge in [0, 0.05) is 18.1 Å². The molecule has 1 saturated heterocycles. The van der Waals surface area contributed by atoms with Crippen LogP contribution in [-0.2, 0) is 14.3 Å². The molecule has 0 aromatic carbocycles. The molecule has 1 amide bonds. The molecule has 0 radical (unpaired) electrons. The van der Waals surface area contributed by atoms with Gasteiger partial charge in [-0.3, -0.25) is 4.79 Å². The molecule has 0 aromatic heterocycles. The molecule has 1 unspecified atom stereocenters. The van der Waals surface area contributed by atoms with Crippen LogP contribution in [-0.4, -0.2) is 53.3 Å². The summed E-state index contributed by atoms with van der Waals surface area (Å²) in [5.41, 5.74) is -0.518. The molecule has 1 rings (SSSR count). The monoisotopic (exact) mass is 289 g/mol. The number of esters is 1. The van der Waals surface area contributed by atoms with Crippen molar-refractivity contribution < 1.29 is 19.1 Å². The number of hydrogen-bond donors (Lipinski definition) is 0. The zero-order valence-electron chi connectivity index (χ0n) is 12.1. The van der Waals surface area contributed by atoms with Crippen LogP contribution in [0, 0.1) is 0 Å². The Morgan fingerprint density at radius 1 is 1.37 bits per heavy atom. The fraction of sp³-hybridized carbons (Fsp3) is 0.846. The maximum absolute atomic E-state index is 12.1. The first kappa shape index (κ1) is 16.1. The summed E-state index contributed by atoms with van der Waals surface area (Å²) in [5.74, 6) is 1.36. The molecular formula is C13H23NO4S. The molecule has 19 heavy (non-hydrogen) atoms. The molecule has 0 spiro atoms. The predicted molar refractivity (Wildman–Crippen MR) is 75.3 cm³/mol. The first-order valence-electron chi connectivity index (χ1n) is 6.56. The third-order valence-electron chi connectivity index (χ3n) is 2.56. The van der Waals surface area contributed by atoms with Gasteiger partial charge in [-0.1, -0.05) is 0 Å². The molecule has 1 aliphatic heterocycles. The second kappa shape index (κ2) is 7.03. The highest BCUT2D eigenvalue weighted by molar-refractivity contribution is 7.99. The Bertz CT molecular complexity index is 327. The predicted octanol–water partition coefficient (Wildman–Crippen LogP) is 2.29. The van der Waals surface area contributed by atoms with E-state index >= 15 is 0 Å². The van der Waals surface area contributed by atoms with Crippen molar-refractivity contribution in [2.24, 2.45) is 0 Å². The van der Waals surface area contributed by atoms with Crippen molar-refractivity contribution >= 4 is 23.8 Å². The van der Waals surface area contributed by atoms with E-state index in [2.05, 4.69) is 0 Å². The molecule has 1 fully saturated rings. The quantitative estimate of drug-likeness (QED) is 0.746. The van der Waals surface area contributed by atoms with E-state index in [9.17, 15) is 9.59 Å². The van der Waals surface area contributed by atoms with Crippen LogP contribution in [0.3, 0.4) is 0 Å². The van der Waals surface area contributed by atoms with Crippen LogP contribution in [0.4, 0.5) is 4.79 Å². The van der Waals surface area contributed by atoms with Crippen LogP contribution >= 0.6 is 11.8 Å². The Labute approximate surface area is 119 Å². The van der Waals surface area contributed by atoms with Gasteiger partial charge in [0.2, 0.25) is 0 Å². The average Bonchev–Trinajstić information content (AvgIpc) is 2.27. The van der Waals surface area contributed by atoms with E-state index in [-0.39, 0.29) is 24.5 Å². The summed E-state index contributed by atoms with van der Waals surface area (Å²) in [7, 11) is 0. The number of nitrogens with zero attached hydrogens (tertiary/aromatic N) is 1. The number of ether oxygens (including phenoxy) is 2. The van der Waals surface area contributed by atoms with E-state index in [1.165, 1.54) is 0 Å². The fourth-order valence-corrected chi connectivity index (χ4v) is 2.86. The average molecular weight is 289 g/mol. The summed E-state index contributed by atoms with van der Waals surface area (Å²) in [4.78, 5) is 25.3. The van der Waals surface area contributed by atoms with Crippen LogP contribution in [0.25, 0.3) is 0 Å². The molecule has 1 atom stereocenters. The summed E-state index contributed by atoms with van der Waals surface area (Å²) in [5, 5.41) is 0. The van der Waals surface area contributed by atoms with Crippen LogP contribution in [0.15, 0.2) is 0 Å². The number of amides is 1. The van der Waals surface area contributed by atoms with Crippen LogP contribution in [0.5, 0.6) is 0 Å². The number of rotatable bonds is 3. The van der Waals surface area contributed by atoms with Crippen molar-refractivity contribution in [2.75, 3.05) is 24.7 Å². The SMILES string of the molecule is CCOC(=O)CC1CSCCN1C(=O)OC(C)(C)C. The Balaban J connectivity index is 2.61. The summed E-state index contributed by atoms with van der Waals surface area (Å²) in [6.45, 7) is 8.27. The highest BCUT2D eigenvalue weighted by Crippen LogP contribution is 2.22. The molecule has 1 aliphatic rings. The van der Waals surface area contributed by atoms with Crippen molar-refractivity contribution in [3.63, 3.8) is 0 Å². The summed E-state index contributed by atoms with van der Waals surface area (Å²) < 4.78 is 10.3. The summed E-state index contributed by atoms with van der Waals surface area (Å²) in [6.07, 6.45) is -0.109. The number of carbonyl (C=O) groups excluding carboxylic acids is 2. The lowest BCUT2D eigenvalue weighted by Gasteiger charge is -2.36. The van der Waals surface area contributed by atoms with Crippen LogP contribution < -0.4 is 0 Å². The second-order valence-electron chi connectivity index (χ2n) is 5.41. The normalized spacial score (nSPS) is 20.0. The number of thioether (sulfide) groups is 1. The van der Waals surface area contributed by atoms with Crippen molar-refractivity contribution in [3.8, 4) is 0 Å². The van der Waals surface area contributed by atoms with Gasteiger partial charge in [-0.2, -0.15) is 11.8 Å². The smallest absolute Gasteiger partial charge is 0.410 e. The lowest BCUT2D eigenvalue weighted by Crippen LogP contribution is -2.49. The van der Waals surface area contributed by atoms with Gasteiger partial charge < -0.3 is 14.4 Å². The Kier molecular flexibility index (Phi) is 5.97. The first-order chi connectivity index (χ1) is 8.83. The van der Waals surface area contributed by atoms with Crippen molar-refractivity contribution in [2.45, 2.75) is 45.8 Å². The van der Waals surface area contributed by atoms with Gasteiger partial charge in [0.1, 0.15) is 5.60 Å². The van der Waals surface area contributed by atoms with Gasteiger partial charge in [-0.15, -0.1) is 0 Å². The molecule has 110 valence electrons. The Morgan fingerprint density at radius 3 is 2.63 bits per heavy atom. The molecule has 0 aliphatic carbocycles. The van der Waals surface area contributed by atoms with E-state index in [1.54, 1.807) is 23.6 Å². The zero-order chi connectivity index (χ0) is 14.5. The minimum Gasteiger partial charge on any atom is -0.466 e. The van der Waals surface area contributed by atoms with Crippen molar-refractivity contribution in [1.82, 2.24) is 4.90 Å². The molecular weight excluding hydrogens is 266 g/mol. The van der Waals surface area contributed by atoms with Gasteiger partial charge in [0.05, 0.1) is 19.1 Å². The second-order valence-corrected chi connectivity index (χ2v) is 6.56. The minimum atomic E-state index is -0.518. The van der Waals surface area contributed by atoms with Crippen molar-refractivity contribution in [3.05, 3.63) is 0 Å². The van der Waals surface area contributed by atoms with Gasteiger partial charge >= 0.3 is 12.1 Å². The van der Waals surface area contributed by atoms with E-state index in [0.717, 1.165) is 11.5 Å². The standard InChI is InChI=1S/C13H23NO4S/c1-5-17-11(15)8-10-9-19-7-6-14(10)12(16)18-13(2,3)4/h10H,5-9H2,1-4H3. The van der Waals surface area contributed by atoms with Gasteiger partial charge in [0.15, 0.2) is 0 Å². The lowest BCUT2D eigenvalue weighted by molar-refractivity contribution is -0.144. The Hall–Kier alpha value is -0.910. The molecule has 0 bridgehead atoms. The third kappa shape index (κ3) is 5.72. The molecule has 6 heteroatoms. The maximum atomic E-state index is 12.1. The summed E-state index contributed by atoms with van der Waals surface area (Å²) >= 11 is 1.75. The fourth-order valence-electron chi connectivity index (χ4n) is 1.80. The third-order valence-corrected chi connectivity index (χ3v) is 3.65. The Morgan fingerprint density at radius 2 is 2.05 bits per heavy atom.